The molecule has 0 heterocycles. The van der Waals surface area contributed by atoms with Crippen LogP contribution in [0.1, 0.15) is 329 Å². The number of esters is 3. The molecule has 11 heteroatoms. The molecule has 0 amide bonds. The van der Waals surface area contributed by atoms with Gasteiger partial charge < -0.3 is 34.3 Å². The van der Waals surface area contributed by atoms with Gasteiger partial charge in [0.1, 0.15) is 49.1 Å². The zero-order valence-corrected chi connectivity index (χ0v) is 60.6. The van der Waals surface area contributed by atoms with E-state index in [2.05, 4.69) is 132 Å². The molecule has 0 radical (unpaired) electrons. The molecule has 0 bridgehead atoms. The van der Waals surface area contributed by atoms with Crippen molar-refractivity contribution in [2.75, 3.05) is 26.4 Å². The molecule has 0 aliphatic heterocycles. The van der Waals surface area contributed by atoms with E-state index >= 15 is 0 Å². The number of hydrogen-bond acceptors (Lipinski definition) is 11. The summed E-state index contributed by atoms with van der Waals surface area (Å²) >= 11 is 5.88. The van der Waals surface area contributed by atoms with E-state index in [-0.39, 0.29) is 95.4 Å². The number of aromatic hydroxyl groups is 3. The minimum atomic E-state index is -1.36. The monoisotopic (exact) mass is 1250 g/mol. The number of phenolic OH excluding ortho intramolecular Hbond substituents is 3. The fraction of sp³-hybridized carbons (Fsp3) is 0.718. The summed E-state index contributed by atoms with van der Waals surface area (Å²) in [5.74, 6) is -0.714. The van der Waals surface area contributed by atoms with Crippen molar-refractivity contribution in [3.63, 3.8) is 0 Å². The minimum Gasteiger partial charge on any atom is -0.507 e. The van der Waals surface area contributed by atoms with Crippen LogP contribution in [0, 0.1) is 5.41 Å². The smallest absolute Gasteiger partial charge is 0.306 e. The normalized spacial score (nSPS) is 12.8. The molecule has 10 nitrogen and oxygen atoms in total. The van der Waals surface area contributed by atoms with Gasteiger partial charge in [-0.2, -0.15) is 0 Å². The van der Waals surface area contributed by atoms with Crippen molar-refractivity contribution in [1.82, 2.24) is 0 Å². The fourth-order valence-corrected chi connectivity index (χ4v) is 11.7. The first-order valence-corrected chi connectivity index (χ1v) is 34.9. The third-order valence-corrected chi connectivity index (χ3v) is 17.7. The van der Waals surface area contributed by atoms with Gasteiger partial charge in [0.05, 0.1) is 0 Å². The Hall–Kier alpha value is -4.64. The lowest BCUT2D eigenvalue weighted by Crippen LogP contribution is -2.44. The number of benzene rings is 3. The summed E-state index contributed by atoms with van der Waals surface area (Å²) in [5, 5.41) is 34.7. The zero-order chi connectivity index (χ0) is 67.0. The van der Waals surface area contributed by atoms with Crippen molar-refractivity contribution in [3.8, 4) is 17.2 Å². The van der Waals surface area contributed by atoms with Gasteiger partial charge in [-0.25, -0.2) is 0 Å². The highest BCUT2D eigenvalue weighted by Gasteiger charge is 2.38. The van der Waals surface area contributed by atoms with E-state index in [1.807, 2.05) is 36.4 Å². The van der Waals surface area contributed by atoms with Gasteiger partial charge in [-0.15, -0.1) is 0 Å². The molecule has 3 rings (SSSR count). The third-order valence-electron chi connectivity index (χ3n) is 17.4. The number of unbranched alkanes of at least 4 members (excludes halogenated alkanes) is 18. The molecule has 0 spiro atoms. The van der Waals surface area contributed by atoms with Crippen molar-refractivity contribution < 1.29 is 48.7 Å². The van der Waals surface area contributed by atoms with Crippen LogP contribution >= 0.6 is 12.2 Å². The lowest BCUT2D eigenvalue weighted by atomic mass is 9.78. The predicted molar refractivity (Wildman–Crippen MR) is 373 cm³/mol. The molecule has 0 saturated heterocycles. The zero-order valence-electron chi connectivity index (χ0n) is 59.8. The second-order valence-corrected chi connectivity index (χ2v) is 32.8. The Bertz CT molecular complexity index is 2320. The van der Waals surface area contributed by atoms with E-state index in [1.54, 1.807) is 0 Å². The third kappa shape index (κ3) is 28.4. The van der Waals surface area contributed by atoms with Crippen LogP contribution in [0.25, 0.3) is 0 Å². The van der Waals surface area contributed by atoms with E-state index in [0.29, 0.717) is 30.7 Å². The second kappa shape index (κ2) is 36.0. The van der Waals surface area contributed by atoms with Crippen LogP contribution in [0.3, 0.4) is 0 Å². The van der Waals surface area contributed by atoms with E-state index < -0.39 is 23.3 Å². The summed E-state index contributed by atoms with van der Waals surface area (Å²) in [4.78, 5) is 42.2. The molecule has 3 aromatic rings. The number of aryl methyl sites for hydroxylation is 3. The topological polar surface area (TPSA) is 149 Å². The van der Waals surface area contributed by atoms with E-state index in [0.717, 1.165) is 69.3 Å². The summed E-state index contributed by atoms with van der Waals surface area (Å²) in [7, 11) is 0. The Labute approximate surface area is 547 Å². The van der Waals surface area contributed by atoms with Crippen LogP contribution in [0.4, 0.5) is 0 Å². The Kier molecular flexibility index (Phi) is 31.8. The number of carbonyl (C=O) groups excluding carboxylic acids is 3. The number of rotatable bonds is 37. The lowest BCUT2D eigenvalue weighted by molar-refractivity contribution is -0.164. The van der Waals surface area contributed by atoms with E-state index in [9.17, 15) is 29.7 Å². The van der Waals surface area contributed by atoms with Gasteiger partial charge in [-0.3, -0.25) is 14.4 Å². The van der Waals surface area contributed by atoms with Crippen LogP contribution < -0.4 is 0 Å². The van der Waals surface area contributed by atoms with Gasteiger partial charge >= 0.3 is 17.9 Å². The quantitative estimate of drug-likeness (QED) is 0.0219. The van der Waals surface area contributed by atoms with Gasteiger partial charge in [0.2, 0.25) is 0 Å². The number of ether oxygens (including phenoxy) is 4. The first kappa shape index (κ1) is 78.6. The summed E-state index contributed by atoms with van der Waals surface area (Å²) in [6, 6.07) is 11.8. The molecule has 0 fully saturated rings. The van der Waals surface area contributed by atoms with E-state index in [4.69, 9.17) is 31.2 Å². The maximum absolute atomic E-state index is 14.1. The largest absolute Gasteiger partial charge is 0.507 e. The predicted octanol–water partition coefficient (Wildman–Crippen LogP) is 20.6. The van der Waals surface area contributed by atoms with Gasteiger partial charge in [-0.1, -0.05) is 284 Å². The maximum Gasteiger partial charge on any atom is 0.306 e. The highest BCUT2D eigenvalue weighted by molar-refractivity contribution is 7.80. The molecule has 89 heavy (non-hydrogen) atoms. The molecule has 3 aromatic carbocycles. The maximum atomic E-state index is 14.1. The second-order valence-electron chi connectivity index (χ2n) is 32.4. The number of hydrogen-bond donors (Lipinski definition) is 3. The van der Waals surface area contributed by atoms with Gasteiger partial charge in [0.15, 0.2) is 5.05 Å². The molecule has 0 saturated carbocycles. The average molecular weight is 1260 g/mol. The Morgan fingerprint density at radius 1 is 0.326 bits per heavy atom. The molecule has 0 atom stereocenters. The Morgan fingerprint density at radius 3 is 0.742 bits per heavy atom. The number of carbonyl (C=O) groups is 3. The van der Waals surface area contributed by atoms with Gasteiger partial charge in [0, 0.05) is 25.7 Å². The molecule has 504 valence electrons. The van der Waals surface area contributed by atoms with Crippen molar-refractivity contribution in [1.29, 1.82) is 0 Å². The summed E-state index contributed by atoms with van der Waals surface area (Å²) in [6.07, 6.45) is 26.1. The molecule has 0 aliphatic rings. The number of phenols is 3. The van der Waals surface area contributed by atoms with Crippen LogP contribution in [-0.4, -0.2) is 64.7 Å². The van der Waals surface area contributed by atoms with Gasteiger partial charge in [-0.05, 0) is 120 Å². The molecule has 3 N–H and O–H groups in total. The SMILES string of the molecule is CCCCCCCCCCCCCCCCCCCCCC(=S)OCC(COC(=O)CCc1cc(C(C)(C)C)c(O)c(C(C)(C)C)c1)(COC(=O)CCc1cc(C(C)(C)C)c(O)c(C(C)(C)C)c1)COC(=O)CCc1cc(C(C)(C)C)c(O)c(C(C)(C)C)c1. The van der Waals surface area contributed by atoms with Crippen LogP contribution in [0.5, 0.6) is 17.2 Å². The summed E-state index contributed by atoms with van der Waals surface area (Å²) in [6.45, 7) is 38.2. The minimum absolute atomic E-state index is 0.0196. The summed E-state index contributed by atoms with van der Waals surface area (Å²) < 4.78 is 24.9. The van der Waals surface area contributed by atoms with Crippen molar-refractivity contribution in [2.45, 2.75) is 331 Å². The lowest BCUT2D eigenvalue weighted by Gasteiger charge is -2.32. The fourth-order valence-electron chi connectivity index (χ4n) is 11.5. The molecule has 0 unspecified atom stereocenters. The van der Waals surface area contributed by atoms with Crippen LogP contribution in [-0.2, 0) is 85.1 Å². The highest BCUT2D eigenvalue weighted by atomic mass is 32.1. The molecule has 0 aromatic heterocycles. The molecular formula is C78H126O10S. The number of thiocarbonyl (C=S) groups is 1. The van der Waals surface area contributed by atoms with Crippen molar-refractivity contribution in [2.24, 2.45) is 5.41 Å². The van der Waals surface area contributed by atoms with E-state index in [1.165, 1.54) is 103 Å². The average Bonchev–Trinajstić information content (AvgIpc) is 1.41. The van der Waals surface area contributed by atoms with Crippen LogP contribution in [0.2, 0.25) is 0 Å². The van der Waals surface area contributed by atoms with Crippen LogP contribution in [0.15, 0.2) is 36.4 Å². The Balaban J connectivity index is 1.87. The molecular weight excluding hydrogens is 1130 g/mol. The standard InChI is InChI=1S/C78H126O10S/c1-20-21-22-23-24-25-26-27-28-29-30-31-32-33-34-35-36-37-38-39-68(89)88-55-78(52-85-65(79)43-40-56-46-59(72(2,3)4)69(82)60(47-56)73(5,6)7,53-86-66(80)44-41-57-48-61(74(8,9)10)70(83)62(49-57)75(11,12)13)54-87-67(81)45-42-58-50-63(76(14,15)16)71(84)64(51-58)77(17,18)19/h46-51,82-84H,20-45,52-55H2,1-19H3. The Morgan fingerprint density at radius 2 is 0.528 bits per heavy atom. The van der Waals surface area contributed by atoms with Crippen molar-refractivity contribution >= 4 is 35.2 Å². The summed E-state index contributed by atoms with van der Waals surface area (Å²) in [5.41, 5.74) is 3.98. The first-order chi connectivity index (χ1) is 41.3. The molecule has 0 aliphatic carbocycles. The van der Waals surface area contributed by atoms with Gasteiger partial charge in [0.25, 0.3) is 0 Å². The van der Waals surface area contributed by atoms with Crippen molar-refractivity contribution in [3.05, 3.63) is 86.5 Å². The first-order valence-electron chi connectivity index (χ1n) is 34.5. The highest BCUT2D eigenvalue weighted by Crippen LogP contribution is 2.43.